The zero-order chi connectivity index (χ0) is 17.2. The Kier molecular flexibility index (Phi) is 4.53. The first-order valence-corrected chi connectivity index (χ1v) is 7.97. The molecule has 0 radical (unpaired) electrons. The topological polar surface area (TPSA) is 95.5 Å². The minimum atomic E-state index is -1.01. The number of aliphatic carboxylic acids is 1. The number of likely N-dealkylation sites (tertiary alicyclic amines) is 1. The summed E-state index contributed by atoms with van der Waals surface area (Å²) in [6.45, 7) is 0.886. The molecular weight excluding hydrogens is 310 g/mol. The molecule has 0 aliphatic carbocycles. The van der Waals surface area contributed by atoms with Crippen LogP contribution in [0.5, 0.6) is 0 Å². The summed E-state index contributed by atoms with van der Waals surface area (Å²) in [5, 5.41) is 10.5. The van der Waals surface area contributed by atoms with Crippen molar-refractivity contribution in [2.75, 3.05) is 26.8 Å². The van der Waals surface area contributed by atoms with Gasteiger partial charge in [0.15, 0.2) is 0 Å². The Bertz CT molecular complexity index is 753. The summed E-state index contributed by atoms with van der Waals surface area (Å²) in [4.78, 5) is 33.3. The fourth-order valence-electron chi connectivity index (χ4n) is 3.41. The van der Waals surface area contributed by atoms with E-state index in [9.17, 15) is 14.7 Å². The molecule has 24 heavy (non-hydrogen) atoms. The highest BCUT2D eigenvalue weighted by Gasteiger charge is 2.43. The number of carbonyl (C=O) groups is 2. The minimum Gasteiger partial charge on any atom is -0.481 e. The monoisotopic (exact) mass is 331 g/mol. The van der Waals surface area contributed by atoms with Gasteiger partial charge < -0.3 is 19.7 Å². The fraction of sp³-hybridized carbons (Fsp3) is 0.471. The number of carbonyl (C=O) groups excluding carboxylic acids is 1. The summed E-state index contributed by atoms with van der Waals surface area (Å²) < 4.78 is 5.11. The number of piperidine rings is 1. The van der Waals surface area contributed by atoms with E-state index in [0.29, 0.717) is 19.4 Å². The number of hydrogen-bond donors (Lipinski definition) is 2. The van der Waals surface area contributed by atoms with E-state index >= 15 is 0 Å². The summed E-state index contributed by atoms with van der Waals surface area (Å²) in [6.07, 6.45) is 4.91. The van der Waals surface area contributed by atoms with E-state index in [2.05, 4.69) is 9.97 Å². The third-order valence-corrected chi connectivity index (χ3v) is 4.68. The molecule has 1 fully saturated rings. The number of ether oxygens (including phenoxy) is 1. The van der Waals surface area contributed by atoms with Crippen LogP contribution in [-0.2, 0) is 20.7 Å². The van der Waals surface area contributed by atoms with Gasteiger partial charge in [-0.3, -0.25) is 9.59 Å². The Hall–Kier alpha value is -2.41. The SMILES string of the molecule is COCC1(C(=O)O)CCCN(C(=O)Cc2c[nH]c3ncccc23)C1. The quantitative estimate of drug-likeness (QED) is 0.864. The second-order valence-electron chi connectivity index (χ2n) is 6.33. The predicted molar refractivity (Wildman–Crippen MR) is 87.6 cm³/mol. The first-order chi connectivity index (χ1) is 11.6. The van der Waals surface area contributed by atoms with Gasteiger partial charge in [0.05, 0.1) is 13.0 Å². The molecule has 2 aromatic rings. The number of methoxy groups -OCH3 is 1. The second kappa shape index (κ2) is 6.60. The number of rotatable bonds is 5. The number of carboxylic acid groups (broad SMARTS) is 1. The third-order valence-electron chi connectivity index (χ3n) is 4.68. The first kappa shape index (κ1) is 16.4. The third kappa shape index (κ3) is 2.99. The Morgan fingerprint density at radius 1 is 1.50 bits per heavy atom. The van der Waals surface area contributed by atoms with Crippen LogP contribution in [0.3, 0.4) is 0 Å². The molecule has 1 unspecified atom stereocenters. The lowest BCUT2D eigenvalue weighted by Crippen LogP contribution is -2.52. The van der Waals surface area contributed by atoms with Crippen LogP contribution in [0.25, 0.3) is 11.0 Å². The summed E-state index contributed by atoms with van der Waals surface area (Å²) in [5.41, 5.74) is 0.615. The van der Waals surface area contributed by atoms with Crippen molar-refractivity contribution < 1.29 is 19.4 Å². The van der Waals surface area contributed by atoms with Crippen LogP contribution in [0, 0.1) is 5.41 Å². The van der Waals surface area contributed by atoms with Crippen molar-refractivity contribution >= 4 is 22.9 Å². The molecule has 0 saturated carbocycles. The molecule has 1 aliphatic rings. The van der Waals surface area contributed by atoms with E-state index < -0.39 is 11.4 Å². The van der Waals surface area contributed by atoms with E-state index in [1.807, 2.05) is 12.1 Å². The second-order valence-corrected chi connectivity index (χ2v) is 6.33. The van der Waals surface area contributed by atoms with Crippen LogP contribution in [-0.4, -0.2) is 58.7 Å². The van der Waals surface area contributed by atoms with Gasteiger partial charge in [-0.15, -0.1) is 0 Å². The van der Waals surface area contributed by atoms with Gasteiger partial charge in [0.1, 0.15) is 11.1 Å². The normalized spacial score (nSPS) is 21.1. The van der Waals surface area contributed by atoms with E-state index in [4.69, 9.17) is 4.74 Å². The van der Waals surface area contributed by atoms with Crippen LogP contribution in [0.1, 0.15) is 18.4 Å². The van der Waals surface area contributed by atoms with Crippen molar-refractivity contribution in [1.29, 1.82) is 0 Å². The number of nitrogens with zero attached hydrogens (tertiary/aromatic N) is 2. The van der Waals surface area contributed by atoms with E-state index in [1.165, 1.54) is 7.11 Å². The fourth-order valence-corrected chi connectivity index (χ4v) is 3.41. The molecule has 1 aliphatic heterocycles. The predicted octanol–water partition coefficient (Wildman–Crippen LogP) is 1.45. The average molecular weight is 331 g/mol. The van der Waals surface area contributed by atoms with Crippen molar-refractivity contribution in [3.63, 3.8) is 0 Å². The number of hydrogen-bond acceptors (Lipinski definition) is 4. The lowest BCUT2D eigenvalue weighted by atomic mass is 9.80. The summed E-state index contributed by atoms with van der Waals surface area (Å²) in [7, 11) is 1.49. The van der Waals surface area contributed by atoms with Crippen LogP contribution < -0.4 is 0 Å². The molecule has 3 rings (SSSR count). The maximum absolute atomic E-state index is 12.7. The smallest absolute Gasteiger partial charge is 0.313 e. The Balaban J connectivity index is 1.76. The summed E-state index contributed by atoms with van der Waals surface area (Å²) in [6, 6.07) is 3.75. The number of amides is 1. The lowest BCUT2D eigenvalue weighted by molar-refractivity contribution is -0.159. The number of H-pyrrole nitrogens is 1. The largest absolute Gasteiger partial charge is 0.481 e. The molecule has 128 valence electrons. The maximum atomic E-state index is 12.7. The van der Waals surface area contributed by atoms with Gasteiger partial charge in [-0.1, -0.05) is 0 Å². The number of nitrogens with one attached hydrogen (secondary N) is 1. The van der Waals surface area contributed by atoms with Crippen molar-refractivity contribution in [3.8, 4) is 0 Å². The minimum absolute atomic E-state index is 0.0684. The number of fused-ring (bicyclic) bond motifs is 1. The molecule has 2 N–H and O–H groups in total. The van der Waals surface area contributed by atoms with Crippen molar-refractivity contribution in [1.82, 2.24) is 14.9 Å². The zero-order valence-corrected chi connectivity index (χ0v) is 13.6. The molecule has 7 heteroatoms. The molecule has 3 heterocycles. The number of pyridine rings is 1. The van der Waals surface area contributed by atoms with Crippen molar-refractivity contribution in [3.05, 3.63) is 30.1 Å². The molecule has 1 saturated heterocycles. The molecule has 0 spiro atoms. The van der Waals surface area contributed by atoms with Gasteiger partial charge in [0, 0.05) is 38.0 Å². The highest BCUT2D eigenvalue weighted by molar-refractivity contribution is 5.87. The first-order valence-electron chi connectivity index (χ1n) is 7.97. The van der Waals surface area contributed by atoms with E-state index in [-0.39, 0.29) is 25.5 Å². The van der Waals surface area contributed by atoms with Gasteiger partial charge in [-0.2, -0.15) is 0 Å². The number of carboxylic acids is 1. The highest BCUT2D eigenvalue weighted by atomic mass is 16.5. The zero-order valence-electron chi connectivity index (χ0n) is 13.6. The molecule has 0 aromatic carbocycles. The number of aromatic nitrogens is 2. The van der Waals surface area contributed by atoms with Crippen LogP contribution in [0.2, 0.25) is 0 Å². The molecule has 1 amide bonds. The molecule has 2 aromatic heterocycles. The van der Waals surface area contributed by atoms with Crippen molar-refractivity contribution in [2.24, 2.45) is 5.41 Å². The molecule has 0 bridgehead atoms. The molecular formula is C17H21N3O4. The number of aromatic amines is 1. The summed E-state index contributed by atoms with van der Waals surface area (Å²) >= 11 is 0. The van der Waals surface area contributed by atoms with Gasteiger partial charge in [-0.05, 0) is 30.5 Å². The van der Waals surface area contributed by atoms with Gasteiger partial charge >= 0.3 is 5.97 Å². The highest BCUT2D eigenvalue weighted by Crippen LogP contribution is 2.31. The average Bonchev–Trinajstić information content (AvgIpc) is 2.98. The Morgan fingerprint density at radius 3 is 3.08 bits per heavy atom. The van der Waals surface area contributed by atoms with Crippen LogP contribution in [0.15, 0.2) is 24.5 Å². The summed E-state index contributed by atoms with van der Waals surface area (Å²) in [5.74, 6) is -0.973. The van der Waals surface area contributed by atoms with Crippen LogP contribution in [0.4, 0.5) is 0 Å². The Morgan fingerprint density at radius 2 is 2.33 bits per heavy atom. The standard InChI is InChI=1S/C17H21N3O4/c1-24-11-17(16(22)23)5-3-7-20(10-17)14(21)8-12-9-19-15-13(12)4-2-6-18-15/h2,4,6,9H,3,5,7-8,10-11H2,1H3,(H,18,19)(H,22,23). The van der Waals surface area contributed by atoms with Gasteiger partial charge in [-0.25, -0.2) is 4.98 Å². The van der Waals surface area contributed by atoms with Gasteiger partial charge in [0.25, 0.3) is 0 Å². The van der Waals surface area contributed by atoms with Gasteiger partial charge in [0.2, 0.25) is 5.91 Å². The van der Waals surface area contributed by atoms with E-state index in [0.717, 1.165) is 16.6 Å². The lowest BCUT2D eigenvalue weighted by Gasteiger charge is -2.39. The maximum Gasteiger partial charge on any atom is 0.313 e. The van der Waals surface area contributed by atoms with Crippen molar-refractivity contribution in [2.45, 2.75) is 19.3 Å². The van der Waals surface area contributed by atoms with Crippen LogP contribution >= 0.6 is 0 Å². The Labute approximate surface area is 139 Å². The molecule has 1 atom stereocenters. The van der Waals surface area contributed by atoms with E-state index in [1.54, 1.807) is 17.3 Å². The molecule has 7 nitrogen and oxygen atoms in total.